The van der Waals surface area contributed by atoms with Crippen molar-refractivity contribution >= 4 is 0 Å². The minimum Gasteiger partial charge on any atom is -0.0955 e. The zero-order valence-electron chi connectivity index (χ0n) is 7.20. The molecule has 0 amide bonds. The molecule has 0 aromatic carbocycles. The maximum atomic E-state index is 4.03. The summed E-state index contributed by atoms with van der Waals surface area (Å²) in [5, 5.41) is 0. The Morgan fingerprint density at radius 2 is 2.00 bits per heavy atom. The molecule has 0 spiro atoms. The van der Waals surface area contributed by atoms with Crippen LogP contribution in [-0.2, 0) is 0 Å². The molecule has 0 nitrogen and oxygen atoms in total. The predicted molar refractivity (Wildman–Crippen MR) is 45.9 cm³/mol. The van der Waals surface area contributed by atoms with E-state index in [-0.39, 0.29) is 0 Å². The molecule has 0 aliphatic heterocycles. The van der Waals surface area contributed by atoms with Crippen LogP contribution in [0.5, 0.6) is 0 Å². The van der Waals surface area contributed by atoms with Crippen molar-refractivity contribution in [3.8, 4) is 0 Å². The third kappa shape index (κ3) is 1.31. The van der Waals surface area contributed by atoms with Crippen LogP contribution in [0.3, 0.4) is 0 Å². The molecule has 0 aromatic heterocycles. The summed E-state index contributed by atoms with van der Waals surface area (Å²) in [5.74, 6) is 0. The summed E-state index contributed by atoms with van der Waals surface area (Å²) in [6.45, 7) is 10.7. The van der Waals surface area contributed by atoms with E-state index in [1.807, 2.05) is 0 Å². The van der Waals surface area contributed by atoms with Gasteiger partial charge in [-0.2, -0.15) is 0 Å². The zero-order valence-corrected chi connectivity index (χ0v) is 7.20. The highest BCUT2D eigenvalue weighted by atomic mass is 14.3. The van der Waals surface area contributed by atoms with E-state index in [4.69, 9.17) is 0 Å². The third-order valence-corrected chi connectivity index (χ3v) is 2.16. The lowest BCUT2D eigenvalue weighted by Gasteiger charge is -2.13. The molecule has 1 aliphatic carbocycles. The van der Waals surface area contributed by atoms with Gasteiger partial charge in [-0.1, -0.05) is 32.1 Å². The van der Waals surface area contributed by atoms with Crippen LogP contribution in [0.15, 0.2) is 23.8 Å². The Bertz CT molecular complexity index is 182. The van der Waals surface area contributed by atoms with Crippen LogP contribution in [-0.4, -0.2) is 0 Å². The molecule has 56 valence electrons. The first kappa shape index (κ1) is 7.59. The normalized spacial score (nSPS) is 27.9. The van der Waals surface area contributed by atoms with Gasteiger partial charge in [-0.15, -0.1) is 0 Å². The van der Waals surface area contributed by atoms with E-state index in [0.29, 0.717) is 5.41 Å². The summed E-state index contributed by atoms with van der Waals surface area (Å²) < 4.78 is 0. The highest BCUT2D eigenvalue weighted by Crippen LogP contribution is 2.43. The fourth-order valence-corrected chi connectivity index (χ4v) is 1.70. The van der Waals surface area contributed by atoms with Crippen LogP contribution < -0.4 is 0 Å². The Labute approximate surface area is 63.6 Å². The first-order valence-electron chi connectivity index (χ1n) is 3.88. The number of hydrogen-bond acceptors (Lipinski definition) is 0. The maximum absolute atomic E-state index is 4.03. The van der Waals surface area contributed by atoms with Crippen LogP contribution in [0.2, 0.25) is 0 Å². The van der Waals surface area contributed by atoms with E-state index >= 15 is 0 Å². The Kier molecular flexibility index (Phi) is 1.72. The molecule has 0 atom stereocenters. The van der Waals surface area contributed by atoms with Gasteiger partial charge in [0.15, 0.2) is 0 Å². The molecule has 0 unspecified atom stereocenters. The van der Waals surface area contributed by atoms with Crippen molar-refractivity contribution in [1.29, 1.82) is 0 Å². The van der Waals surface area contributed by atoms with E-state index in [9.17, 15) is 0 Å². The molecule has 0 radical (unpaired) electrons. The molecule has 0 heteroatoms. The van der Waals surface area contributed by atoms with Crippen molar-refractivity contribution < 1.29 is 0 Å². The minimum absolute atomic E-state index is 0.471. The monoisotopic (exact) mass is 136 g/mol. The Hall–Kier alpha value is -0.520. The van der Waals surface area contributed by atoms with E-state index in [0.717, 1.165) is 0 Å². The average molecular weight is 136 g/mol. The van der Waals surface area contributed by atoms with E-state index in [1.54, 1.807) is 0 Å². The van der Waals surface area contributed by atoms with Crippen LogP contribution in [0.25, 0.3) is 0 Å². The van der Waals surface area contributed by atoms with Gasteiger partial charge in [0.2, 0.25) is 0 Å². The fraction of sp³-hybridized carbons (Fsp3) is 0.600. The molecule has 1 aliphatic rings. The standard InChI is InChI=1S/C10H16/c1-5-9-7-10(3,4)6-8(9)2/h5H,2,6-7H2,1,3-4H3/b9-5+. The third-order valence-electron chi connectivity index (χ3n) is 2.16. The molecule has 1 saturated carbocycles. The zero-order chi connectivity index (χ0) is 7.78. The van der Waals surface area contributed by atoms with Crippen molar-refractivity contribution in [1.82, 2.24) is 0 Å². The molecule has 0 N–H and O–H groups in total. The van der Waals surface area contributed by atoms with Crippen molar-refractivity contribution in [2.75, 3.05) is 0 Å². The molecule has 0 aromatic rings. The van der Waals surface area contributed by atoms with Gasteiger partial charge in [-0.25, -0.2) is 0 Å². The number of allylic oxidation sites excluding steroid dienone is 3. The highest BCUT2D eigenvalue weighted by Gasteiger charge is 2.28. The lowest BCUT2D eigenvalue weighted by molar-refractivity contribution is 0.402. The molecule has 0 heterocycles. The summed E-state index contributed by atoms with van der Waals surface area (Å²) >= 11 is 0. The van der Waals surface area contributed by atoms with E-state index < -0.39 is 0 Å². The summed E-state index contributed by atoms with van der Waals surface area (Å²) in [4.78, 5) is 0. The highest BCUT2D eigenvalue weighted by molar-refractivity contribution is 5.34. The lowest BCUT2D eigenvalue weighted by Crippen LogP contribution is -2.02. The quantitative estimate of drug-likeness (QED) is 0.479. The second-order valence-electron chi connectivity index (χ2n) is 3.94. The maximum Gasteiger partial charge on any atom is -0.0225 e. The van der Waals surface area contributed by atoms with Crippen LogP contribution in [0.1, 0.15) is 33.6 Å². The largest absolute Gasteiger partial charge is 0.0955 e. The summed E-state index contributed by atoms with van der Waals surface area (Å²) in [6, 6.07) is 0. The van der Waals surface area contributed by atoms with Gasteiger partial charge >= 0.3 is 0 Å². The van der Waals surface area contributed by atoms with Crippen LogP contribution >= 0.6 is 0 Å². The summed E-state index contributed by atoms with van der Waals surface area (Å²) in [5.41, 5.74) is 3.27. The molecule has 1 fully saturated rings. The Morgan fingerprint density at radius 3 is 2.20 bits per heavy atom. The molecular weight excluding hydrogens is 120 g/mol. The van der Waals surface area contributed by atoms with E-state index in [1.165, 1.54) is 24.0 Å². The van der Waals surface area contributed by atoms with Gasteiger partial charge < -0.3 is 0 Å². The fourth-order valence-electron chi connectivity index (χ4n) is 1.70. The summed E-state index contributed by atoms with van der Waals surface area (Å²) in [6.07, 6.45) is 4.58. The second kappa shape index (κ2) is 2.26. The molecule has 0 bridgehead atoms. The van der Waals surface area contributed by atoms with Gasteiger partial charge in [0.25, 0.3) is 0 Å². The van der Waals surface area contributed by atoms with Crippen LogP contribution in [0, 0.1) is 5.41 Å². The van der Waals surface area contributed by atoms with Gasteiger partial charge in [0, 0.05) is 0 Å². The first-order valence-corrected chi connectivity index (χ1v) is 3.88. The van der Waals surface area contributed by atoms with Crippen molar-refractivity contribution in [3.05, 3.63) is 23.8 Å². The van der Waals surface area contributed by atoms with E-state index in [2.05, 4.69) is 33.4 Å². The predicted octanol–water partition coefficient (Wildman–Crippen LogP) is 3.31. The average Bonchev–Trinajstić information content (AvgIpc) is 2.05. The molecule has 10 heavy (non-hydrogen) atoms. The van der Waals surface area contributed by atoms with Crippen molar-refractivity contribution in [2.24, 2.45) is 5.41 Å². The SMILES string of the molecule is C=C1CC(C)(C)C/C1=C\C. The number of hydrogen-bond donors (Lipinski definition) is 0. The topological polar surface area (TPSA) is 0 Å². The molecule has 1 rings (SSSR count). The Balaban J connectivity index is 2.81. The second-order valence-corrected chi connectivity index (χ2v) is 3.94. The van der Waals surface area contributed by atoms with Crippen molar-refractivity contribution in [3.63, 3.8) is 0 Å². The molecular formula is C10H16. The first-order chi connectivity index (χ1) is 4.55. The summed E-state index contributed by atoms with van der Waals surface area (Å²) in [7, 11) is 0. The van der Waals surface area contributed by atoms with Crippen LogP contribution in [0.4, 0.5) is 0 Å². The van der Waals surface area contributed by atoms with Gasteiger partial charge in [0.1, 0.15) is 0 Å². The number of rotatable bonds is 0. The minimum atomic E-state index is 0.471. The smallest absolute Gasteiger partial charge is 0.0225 e. The molecule has 0 saturated heterocycles. The van der Waals surface area contributed by atoms with Gasteiger partial charge in [0.05, 0.1) is 0 Å². The lowest BCUT2D eigenvalue weighted by atomic mass is 9.91. The Morgan fingerprint density at radius 1 is 1.40 bits per heavy atom. The van der Waals surface area contributed by atoms with Gasteiger partial charge in [-0.05, 0) is 30.8 Å². The van der Waals surface area contributed by atoms with Crippen molar-refractivity contribution in [2.45, 2.75) is 33.6 Å². The van der Waals surface area contributed by atoms with Gasteiger partial charge in [-0.3, -0.25) is 0 Å².